The molecule has 0 fully saturated rings. The Labute approximate surface area is 131 Å². The van der Waals surface area contributed by atoms with E-state index in [-0.39, 0.29) is 6.61 Å². The molecule has 0 aliphatic heterocycles. The van der Waals surface area contributed by atoms with Gasteiger partial charge in [0.2, 0.25) is 5.91 Å². The van der Waals surface area contributed by atoms with Crippen molar-refractivity contribution in [3.05, 3.63) is 29.3 Å². The van der Waals surface area contributed by atoms with E-state index >= 15 is 0 Å². The maximum absolute atomic E-state index is 13.0. The maximum atomic E-state index is 13.0. The number of aryl methyl sites for hydroxylation is 1. The van der Waals surface area contributed by atoms with Gasteiger partial charge in [-0.2, -0.15) is 13.2 Å². The third kappa shape index (κ3) is 4.22. The maximum Gasteiger partial charge on any atom is 0.428 e. The van der Waals surface area contributed by atoms with Crippen LogP contribution in [0.15, 0.2) is 18.2 Å². The third-order valence-electron chi connectivity index (χ3n) is 3.38. The predicted molar refractivity (Wildman–Crippen MR) is 76.8 cm³/mol. The van der Waals surface area contributed by atoms with Crippen LogP contribution in [0.25, 0.3) is 0 Å². The fourth-order valence-corrected chi connectivity index (χ4v) is 1.85. The van der Waals surface area contributed by atoms with E-state index in [9.17, 15) is 27.9 Å². The summed E-state index contributed by atoms with van der Waals surface area (Å²) in [5.74, 6) is -3.05. The molecule has 1 aromatic rings. The van der Waals surface area contributed by atoms with Gasteiger partial charge in [-0.05, 0) is 38.0 Å². The van der Waals surface area contributed by atoms with E-state index in [2.05, 4.69) is 10.1 Å². The highest BCUT2D eigenvalue weighted by atomic mass is 19.4. The van der Waals surface area contributed by atoms with Crippen molar-refractivity contribution >= 4 is 17.6 Å². The zero-order valence-corrected chi connectivity index (χ0v) is 13.0. The van der Waals surface area contributed by atoms with E-state index in [0.717, 1.165) is 5.56 Å². The number of carbonyl (C=O) groups is 2. The summed E-state index contributed by atoms with van der Waals surface area (Å²) in [5.41, 5.74) is -2.07. The van der Waals surface area contributed by atoms with Crippen LogP contribution < -0.4 is 5.32 Å². The number of alkyl halides is 3. The van der Waals surface area contributed by atoms with Gasteiger partial charge in [0.15, 0.2) is 0 Å². The quantitative estimate of drug-likeness (QED) is 0.812. The molecular formula is C15H18F3NO4. The summed E-state index contributed by atoms with van der Waals surface area (Å²) >= 11 is 0. The number of nitrogens with one attached hydrogen (secondary N) is 1. The average molecular weight is 333 g/mol. The number of hydrogen-bond donors (Lipinski definition) is 2. The zero-order valence-electron chi connectivity index (χ0n) is 13.0. The molecule has 128 valence electrons. The van der Waals surface area contributed by atoms with E-state index in [1.807, 2.05) is 0 Å². The van der Waals surface area contributed by atoms with E-state index in [4.69, 9.17) is 0 Å². The van der Waals surface area contributed by atoms with E-state index in [0.29, 0.717) is 11.3 Å². The molecule has 5 nitrogen and oxygen atoms in total. The summed E-state index contributed by atoms with van der Waals surface area (Å²) in [4.78, 5) is 23.3. The molecule has 1 amide bonds. The highest BCUT2D eigenvalue weighted by molar-refractivity contribution is 5.96. The summed E-state index contributed by atoms with van der Waals surface area (Å²) in [6.45, 7) is 4.41. The molecule has 2 N–H and O–H groups in total. The van der Waals surface area contributed by atoms with Gasteiger partial charge in [-0.3, -0.25) is 4.79 Å². The second-order valence-corrected chi connectivity index (χ2v) is 5.05. The summed E-state index contributed by atoms with van der Waals surface area (Å²) in [5, 5.41) is 11.9. The summed E-state index contributed by atoms with van der Waals surface area (Å²) in [6.07, 6.45) is -6.82. The van der Waals surface area contributed by atoms with Gasteiger partial charge in [-0.15, -0.1) is 0 Å². The Morgan fingerprint density at radius 1 is 1.26 bits per heavy atom. The van der Waals surface area contributed by atoms with Crippen LogP contribution in [-0.4, -0.2) is 35.4 Å². The first kappa shape index (κ1) is 19.0. The number of rotatable bonds is 5. The van der Waals surface area contributed by atoms with Crippen LogP contribution in [0.4, 0.5) is 18.9 Å². The number of aliphatic hydroxyl groups is 1. The van der Waals surface area contributed by atoms with Crippen molar-refractivity contribution < 1.29 is 32.6 Å². The fourth-order valence-electron chi connectivity index (χ4n) is 1.85. The number of amides is 1. The topological polar surface area (TPSA) is 75.6 Å². The fraction of sp³-hybridized carbons (Fsp3) is 0.467. The highest BCUT2D eigenvalue weighted by Crippen LogP contribution is 2.34. The molecular weight excluding hydrogens is 315 g/mol. The molecule has 1 aromatic carbocycles. The lowest BCUT2D eigenvalue weighted by Crippen LogP contribution is -2.54. The molecule has 0 bridgehead atoms. The molecule has 0 aromatic heterocycles. The van der Waals surface area contributed by atoms with Crippen LogP contribution in [0.5, 0.6) is 0 Å². The molecule has 8 heteroatoms. The van der Waals surface area contributed by atoms with Crippen molar-refractivity contribution in [2.45, 2.75) is 39.0 Å². The Kier molecular flexibility index (Phi) is 5.76. The van der Waals surface area contributed by atoms with Gasteiger partial charge < -0.3 is 15.2 Å². The lowest BCUT2D eigenvalue weighted by molar-refractivity contribution is -0.262. The molecule has 23 heavy (non-hydrogen) atoms. The first-order valence-electron chi connectivity index (χ1n) is 6.85. The average Bonchev–Trinajstić information content (AvgIpc) is 2.42. The Morgan fingerprint density at radius 3 is 2.39 bits per heavy atom. The highest BCUT2D eigenvalue weighted by Gasteiger charge is 2.61. The van der Waals surface area contributed by atoms with Gasteiger partial charge in [-0.25, -0.2) is 4.79 Å². The van der Waals surface area contributed by atoms with Crippen molar-refractivity contribution in [1.29, 1.82) is 0 Å². The Balaban J connectivity index is 2.98. The van der Waals surface area contributed by atoms with Gasteiger partial charge in [0, 0.05) is 5.69 Å². The number of esters is 1. The Hall–Kier alpha value is -2.09. The number of hydrogen-bond acceptors (Lipinski definition) is 4. The van der Waals surface area contributed by atoms with Crippen LogP contribution >= 0.6 is 0 Å². The second kappa shape index (κ2) is 6.99. The first-order chi connectivity index (χ1) is 10.5. The lowest BCUT2D eigenvalue weighted by atomic mass is 9.98. The summed E-state index contributed by atoms with van der Waals surface area (Å²) in [6, 6.07) is 4.91. The number of carbonyl (C=O) groups excluding carboxylic acids is 2. The van der Waals surface area contributed by atoms with E-state index in [1.54, 1.807) is 26.0 Å². The lowest BCUT2D eigenvalue weighted by Gasteiger charge is -2.27. The van der Waals surface area contributed by atoms with Crippen LogP contribution in [0, 0.1) is 13.8 Å². The van der Waals surface area contributed by atoms with Gasteiger partial charge in [0.25, 0.3) is 5.60 Å². The van der Waals surface area contributed by atoms with Crippen molar-refractivity contribution in [3.63, 3.8) is 0 Å². The van der Waals surface area contributed by atoms with Gasteiger partial charge in [0.1, 0.15) is 0 Å². The number of halogens is 3. The molecule has 0 spiro atoms. The SMILES string of the molecule is CCOC(=O)[C@@](O)(CC(=O)Nc1cccc(C)c1C)C(F)(F)F. The normalized spacial score (nSPS) is 14.0. The molecule has 0 radical (unpaired) electrons. The molecule has 0 aliphatic carbocycles. The van der Waals surface area contributed by atoms with Crippen molar-refractivity contribution in [1.82, 2.24) is 0 Å². The number of benzene rings is 1. The minimum absolute atomic E-state index is 0.309. The Bertz CT molecular complexity index is 601. The van der Waals surface area contributed by atoms with E-state index < -0.39 is 30.1 Å². The van der Waals surface area contributed by atoms with Gasteiger partial charge >= 0.3 is 12.1 Å². The summed E-state index contributed by atoms with van der Waals surface area (Å²) in [7, 11) is 0. The predicted octanol–water partition coefficient (Wildman–Crippen LogP) is 2.49. The standard InChI is InChI=1S/C15H18F3NO4/c1-4-23-13(21)14(22,15(16,17)18)8-12(20)19-11-7-5-6-9(2)10(11)3/h5-7,22H,4,8H2,1-3H3,(H,19,20)/t14-/m0/s1. The molecule has 0 unspecified atom stereocenters. The zero-order chi connectivity index (χ0) is 17.8. The largest absolute Gasteiger partial charge is 0.464 e. The van der Waals surface area contributed by atoms with Crippen molar-refractivity contribution in [2.24, 2.45) is 0 Å². The molecule has 1 atom stereocenters. The summed E-state index contributed by atoms with van der Waals surface area (Å²) < 4.78 is 43.2. The molecule has 0 aliphatic rings. The molecule has 0 saturated heterocycles. The monoisotopic (exact) mass is 333 g/mol. The van der Waals surface area contributed by atoms with Crippen LogP contribution in [0.3, 0.4) is 0 Å². The molecule has 0 heterocycles. The van der Waals surface area contributed by atoms with Crippen molar-refractivity contribution in [3.8, 4) is 0 Å². The minimum Gasteiger partial charge on any atom is -0.464 e. The first-order valence-corrected chi connectivity index (χ1v) is 6.85. The van der Waals surface area contributed by atoms with Crippen LogP contribution in [0.1, 0.15) is 24.5 Å². The second-order valence-electron chi connectivity index (χ2n) is 5.05. The third-order valence-corrected chi connectivity index (χ3v) is 3.38. The Morgan fingerprint density at radius 2 is 1.87 bits per heavy atom. The molecule has 1 rings (SSSR count). The van der Waals surface area contributed by atoms with Crippen molar-refractivity contribution in [2.75, 3.05) is 11.9 Å². The van der Waals surface area contributed by atoms with Crippen LogP contribution in [0.2, 0.25) is 0 Å². The van der Waals surface area contributed by atoms with Crippen LogP contribution in [-0.2, 0) is 14.3 Å². The molecule has 0 saturated carbocycles. The minimum atomic E-state index is -5.34. The number of ether oxygens (including phenoxy) is 1. The smallest absolute Gasteiger partial charge is 0.428 e. The van der Waals surface area contributed by atoms with E-state index in [1.165, 1.54) is 13.0 Å². The van der Waals surface area contributed by atoms with Gasteiger partial charge in [-0.1, -0.05) is 12.1 Å². The number of anilines is 1. The van der Waals surface area contributed by atoms with Gasteiger partial charge in [0.05, 0.1) is 13.0 Å².